The first-order valence-electron chi connectivity index (χ1n) is 12.4. The molecular formula is C28H36FN5O. The Labute approximate surface area is 208 Å². The molecule has 0 atom stereocenters. The van der Waals surface area contributed by atoms with Gasteiger partial charge in [0.15, 0.2) is 11.6 Å². The summed E-state index contributed by atoms with van der Waals surface area (Å²) in [6.07, 6.45) is 1.72. The summed E-state index contributed by atoms with van der Waals surface area (Å²) in [7, 11) is 0. The van der Waals surface area contributed by atoms with Crippen molar-refractivity contribution in [1.82, 2.24) is 19.8 Å². The van der Waals surface area contributed by atoms with Gasteiger partial charge in [0.05, 0.1) is 5.69 Å². The van der Waals surface area contributed by atoms with Crippen LogP contribution in [0.5, 0.6) is 5.75 Å². The number of nitrogens with one attached hydrogen (secondary N) is 1. The smallest absolute Gasteiger partial charge is 0.227 e. The van der Waals surface area contributed by atoms with E-state index in [9.17, 15) is 4.39 Å². The van der Waals surface area contributed by atoms with Crippen LogP contribution in [0, 0.1) is 26.6 Å². The van der Waals surface area contributed by atoms with Gasteiger partial charge < -0.3 is 10.1 Å². The van der Waals surface area contributed by atoms with Crippen LogP contribution in [0.15, 0.2) is 42.6 Å². The molecule has 7 heteroatoms. The number of hydrogen-bond acceptors (Lipinski definition) is 6. The van der Waals surface area contributed by atoms with Crippen molar-refractivity contribution in [3.8, 4) is 17.0 Å². The van der Waals surface area contributed by atoms with Crippen molar-refractivity contribution in [3.05, 3.63) is 65.1 Å². The van der Waals surface area contributed by atoms with Crippen molar-refractivity contribution in [1.29, 1.82) is 0 Å². The number of rotatable bonds is 8. The van der Waals surface area contributed by atoms with Gasteiger partial charge in [0.25, 0.3) is 0 Å². The molecule has 0 amide bonds. The van der Waals surface area contributed by atoms with Gasteiger partial charge >= 0.3 is 0 Å². The fourth-order valence-electron chi connectivity index (χ4n) is 4.42. The number of benzene rings is 2. The van der Waals surface area contributed by atoms with Gasteiger partial charge in [-0.25, -0.2) is 14.4 Å². The molecule has 1 aliphatic heterocycles. The van der Waals surface area contributed by atoms with Gasteiger partial charge in [-0.2, -0.15) is 0 Å². The van der Waals surface area contributed by atoms with Crippen LogP contribution < -0.4 is 10.1 Å². The number of piperazine rings is 1. The zero-order chi connectivity index (χ0) is 24.9. The van der Waals surface area contributed by atoms with Crippen molar-refractivity contribution in [2.45, 2.75) is 40.7 Å². The van der Waals surface area contributed by atoms with Crippen LogP contribution in [-0.2, 0) is 0 Å². The van der Waals surface area contributed by atoms with Gasteiger partial charge in [-0.15, -0.1) is 0 Å². The molecule has 186 valence electrons. The fourth-order valence-corrected chi connectivity index (χ4v) is 4.42. The lowest BCUT2D eigenvalue weighted by Crippen LogP contribution is -2.49. The third-order valence-electron chi connectivity index (χ3n) is 6.98. The quantitative estimate of drug-likeness (QED) is 0.472. The topological polar surface area (TPSA) is 53.5 Å². The Morgan fingerprint density at radius 1 is 1.00 bits per heavy atom. The third kappa shape index (κ3) is 6.16. The summed E-state index contributed by atoms with van der Waals surface area (Å²) in [6, 6.07) is 11.5. The third-order valence-corrected chi connectivity index (χ3v) is 6.98. The van der Waals surface area contributed by atoms with Crippen molar-refractivity contribution in [2.24, 2.45) is 0 Å². The van der Waals surface area contributed by atoms with Crippen LogP contribution in [0.4, 0.5) is 16.0 Å². The minimum Gasteiger partial charge on any atom is -0.489 e. The molecule has 1 N–H and O–H groups in total. The van der Waals surface area contributed by atoms with E-state index in [-0.39, 0.29) is 5.75 Å². The zero-order valence-electron chi connectivity index (χ0n) is 21.4. The number of halogens is 1. The van der Waals surface area contributed by atoms with Gasteiger partial charge in [-0.05, 0) is 69.5 Å². The standard InChI is InChI=1S/C28H36FN5O/c1-19(2)34-14-12-33(13-15-34)16-17-35-27-9-7-23(18-25(27)29)31-28-30-11-10-26(32-28)24-8-6-20(3)21(4)22(24)5/h6-11,18-19H,12-17H2,1-5H3,(H,30,31,32). The van der Waals surface area contributed by atoms with E-state index in [0.717, 1.165) is 44.0 Å². The zero-order valence-corrected chi connectivity index (χ0v) is 21.4. The van der Waals surface area contributed by atoms with E-state index in [1.807, 2.05) is 6.07 Å². The number of aromatic nitrogens is 2. The Bertz CT molecular complexity index is 1160. The van der Waals surface area contributed by atoms with Crippen molar-refractivity contribution >= 4 is 11.6 Å². The molecule has 6 nitrogen and oxygen atoms in total. The van der Waals surface area contributed by atoms with Gasteiger partial charge in [-0.3, -0.25) is 9.80 Å². The molecule has 3 aromatic rings. The lowest BCUT2D eigenvalue weighted by Gasteiger charge is -2.36. The molecule has 0 unspecified atom stereocenters. The van der Waals surface area contributed by atoms with Crippen LogP contribution >= 0.6 is 0 Å². The number of nitrogens with zero attached hydrogens (tertiary/aromatic N) is 4. The lowest BCUT2D eigenvalue weighted by molar-refractivity contribution is 0.0965. The van der Waals surface area contributed by atoms with E-state index in [1.54, 1.807) is 18.3 Å². The summed E-state index contributed by atoms with van der Waals surface area (Å²) in [5.74, 6) is 0.284. The van der Waals surface area contributed by atoms with E-state index < -0.39 is 5.82 Å². The second kappa shape index (κ2) is 11.1. The Balaban J connectivity index is 1.35. The maximum atomic E-state index is 14.7. The van der Waals surface area contributed by atoms with Gasteiger partial charge in [-0.1, -0.05) is 12.1 Å². The minimum atomic E-state index is -0.402. The van der Waals surface area contributed by atoms with Crippen LogP contribution in [0.3, 0.4) is 0 Å². The summed E-state index contributed by atoms with van der Waals surface area (Å²) in [5, 5.41) is 3.12. The normalized spacial score (nSPS) is 14.9. The Morgan fingerprint density at radius 3 is 2.49 bits per heavy atom. The lowest BCUT2D eigenvalue weighted by atomic mass is 9.97. The molecule has 1 aliphatic rings. The summed E-state index contributed by atoms with van der Waals surface area (Å²) in [4.78, 5) is 13.8. The molecule has 4 rings (SSSR count). The maximum Gasteiger partial charge on any atom is 0.227 e. The predicted molar refractivity (Wildman–Crippen MR) is 140 cm³/mol. The highest BCUT2D eigenvalue weighted by molar-refractivity contribution is 5.67. The van der Waals surface area contributed by atoms with E-state index in [2.05, 4.69) is 71.8 Å². The van der Waals surface area contributed by atoms with E-state index in [4.69, 9.17) is 4.74 Å². The molecule has 2 aromatic carbocycles. The average Bonchev–Trinajstić information content (AvgIpc) is 2.84. The molecule has 0 aliphatic carbocycles. The molecule has 0 bridgehead atoms. The molecular weight excluding hydrogens is 441 g/mol. The number of aryl methyl sites for hydroxylation is 1. The molecule has 0 saturated carbocycles. The Kier molecular flexibility index (Phi) is 7.98. The number of anilines is 2. The fraction of sp³-hybridized carbons (Fsp3) is 0.429. The van der Waals surface area contributed by atoms with Crippen LogP contribution in [0.2, 0.25) is 0 Å². The molecule has 1 aromatic heterocycles. The molecule has 1 fully saturated rings. The summed E-state index contributed by atoms with van der Waals surface area (Å²) < 4.78 is 20.5. The van der Waals surface area contributed by atoms with E-state index >= 15 is 0 Å². The molecule has 0 spiro atoms. The highest BCUT2D eigenvalue weighted by atomic mass is 19.1. The summed E-state index contributed by atoms with van der Waals surface area (Å²) in [6.45, 7) is 16.2. The van der Waals surface area contributed by atoms with E-state index in [0.29, 0.717) is 24.3 Å². The first-order chi connectivity index (χ1) is 16.8. The Hall–Kier alpha value is -3.03. The van der Waals surface area contributed by atoms with Gasteiger partial charge in [0, 0.05) is 62.3 Å². The first-order valence-corrected chi connectivity index (χ1v) is 12.4. The maximum absolute atomic E-state index is 14.7. The number of hydrogen-bond donors (Lipinski definition) is 1. The predicted octanol–water partition coefficient (Wildman–Crippen LogP) is 5.36. The monoisotopic (exact) mass is 477 g/mol. The molecule has 2 heterocycles. The summed E-state index contributed by atoms with van der Waals surface area (Å²) >= 11 is 0. The van der Waals surface area contributed by atoms with Crippen LogP contribution in [0.1, 0.15) is 30.5 Å². The van der Waals surface area contributed by atoms with Crippen LogP contribution in [0.25, 0.3) is 11.3 Å². The van der Waals surface area contributed by atoms with Crippen molar-refractivity contribution < 1.29 is 9.13 Å². The molecule has 0 radical (unpaired) electrons. The van der Waals surface area contributed by atoms with Gasteiger partial charge in [0.2, 0.25) is 5.95 Å². The largest absolute Gasteiger partial charge is 0.489 e. The van der Waals surface area contributed by atoms with Crippen molar-refractivity contribution in [3.63, 3.8) is 0 Å². The van der Waals surface area contributed by atoms with Gasteiger partial charge in [0.1, 0.15) is 6.61 Å². The average molecular weight is 478 g/mol. The second-order valence-corrected chi connectivity index (χ2v) is 9.54. The SMILES string of the molecule is Cc1ccc(-c2ccnc(Nc3ccc(OCCN4CCN(C(C)C)CC4)c(F)c3)n2)c(C)c1C. The summed E-state index contributed by atoms with van der Waals surface area (Å²) in [5.41, 5.74) is 6.19. The molecule has 35 heavy (non-hydrogen) atoms. The molecule has 1 saturated heterocycles. The number of ether oxygens (including phenoxy) is 1. The second-order valence-electron chi connectivity index (χ2n) is 9.54. The first kappa shape index (κ1) is 25.1. The minimum absolute atomic E-state index is 0.261. The highest BCUT2D eigenvalue weighted by Gasteiger charge is 2.18. The Morgan fingerprint density at radius 2 is 1.77 bits per heavy atom. The van der Waals surface area contributed by atoms with E-state index in [1.165, 1.54) is 22.8 Å². The highest BCUT2D eigenvalue weighted by Crippen LogP contribution is 2.27. The van der Waals surface area contributed by atoms with Crippen LogP contribution in [-0.4, -0.2) is 65.1 Å². The van der Waals surface area contributed by atoms with Crippen molar-refractivity contribution in [2.75, 3.05) is 44.6 Å².